The molecular weight excluding hydrogens is 226 g/mol. The molecule has 0 atom stereocenters. The predicted octanol–water partition coefficient (Wildman–Crippen LogP) is 3.14. The van der Waals surface area contributed by atoms with Crippen molar-refractivity contribution in [3.8, 4) is 0 Å². The molecule has 2 rings (SSSR count). The molecule has 0 unspecified atom stereocenters. The molecule has 0 fully saturated rings. The highest BCUT2D eigenvalue weighted by atomic mass is 79.9. The molecule has 0 N–H and O–H groups in total. The Balaban J connectivity index is 0.000000845. The van der Waals surface area contributed by atoms with Gasteiger partial charge in [-0.05, 0) is 23.3 Å². The van der Waals surface area contributed by atoms with Crippen LogP contribution in [-0.4, -0.2) is 6.21 Å². The summed E-state index contributed by atoms with van der Waals surface area (Å²) in [6, 6.07) is 0. The van der Waals surface area contributed by atoms with Gasteiger partial charge in [-0.25, -0.2) is 0 Å². The van der Waals surface area contributed by atoms with Gasteiger partial charge in [0.25, 0.3) is 0 Å². The van der Waals surface area contributed by atoms with Crippen molar-refractivity contribution < 1.29 is 0 Å². The summed E-state index contributed by atoms with van der Waals surface area (Å²) in [6.07, 6.45) is 17.9. The summed E-state index contributed by atoms with van der Waals surface area (Å²) in [6.45, 7) is 0. The van der Waals surface area contributed by atoms with Crippen LogP contribution in [0.1, 0.15) is 0 Å². The van der Waals surface area contributed by atoms with Crippen molar-refractivity contribution in [2.24, 2.45) is 4.99 Å². The van der Waals surface area contributed by atoms with Crippen molar-refractivity contribution in [2.45, 2.75) is 0 Å². The first kappa shape index (κ1) is 9.93. The van der Waals surface area contributed by atoms with Crippen LogP contribution in [0.15, 0.2) is 64.9 Å². The second-order valence-electron chi connectivity index (χ2n) is 2.60. The van der Waals surface area contributed by atoms with Gasteiger partial charge in [0.2, 0.25) is 0 Å². The van der Waals surface area contributed by atoms with Crippen LogP contribution in [0.4, 0.5) is 0 Å². The third-order valence-corrected chi connectivity index (χ3v) is 1.79. The normalized spacial score (nSPS) is 17.8. The summed E-state index contributed by atoms with van der Waals surface area (Å²) in [7, 11) is 0. The van der Waals surface area contributed by atoms with Gasteiger partial charge in [0.15, 0.2) is 0 Å². The number of rotatable bonds is 0. The average molecular weight is 236 g/mol. The van der Waals surface area contributed by atoms with Crippen molar-refractivity contribution in [3.05, 3.63) is 59.9 Å². The minimum absolute atomic E-state index is 0. The van der Waals surface area contributed by atoms with Gasteiger partial charge in [-0.2, -0.15) is 0 Å². The van der Waals surface area contributed by atoms with E-state index in [-0.39, 0.29) is 17.0 Å². The number of fused-ring (bicyclic) bond motifs is 1. The summed E-state index contributed by atoms with van der Waals surface area (Å²) in [5.41, 5.74) is 2.41. The fraction of sp³-hybridized carbons (Fsp3) is 0. The average Bonchev–Trinajstić information content (AvgIpc) is 2.38. The minimum atomic E-state index is 0. The molecule has 0 aromatic heterocycles. The van der Waals surface area contributed by atoms with E-state index >= 15 is 0 Å². The van der Waals surface area contributed by atoms with Gasteiger partial charge in [0.1, 0.15) is 0 Å². The zero-order valence-electron chi connectivity index (χ0n) is 7.05. The van der Waals surface area contributed by atoms with Crippen molar-refractivity contribution in [2.75, 3.05) is 0 Å². The monoisotopic (exact) mass is 235 g/mol. The quantitative estimate of drug-likeness (QED) is 0.612. The second-order valence-corrected chi connectivity index (χ2v) is 2.60. The van der Waals surface area contributed by atoms with Crippen LogP contribution >= 0.6 is 17.0 Å². The Morgan fingerprint density at radius 1 is 0.846 bits per heavy atom. The van der Waals surface area contributed by atoms with Crippen LogP contribution in [0.3, 0.4) is 0 Å². The van der Waals surface area contributed by atoms with E-state index in [0.29, 0.717) is 0 Å². The third kappa shape index (κ3) is 2.39. The first-order valence-corrected chi connectivity index (χ1v) is 3.92. The molecule has 0 saturated carbocycles. The fourth-order valence-corrected chi connectivity index (χ4v) is 1.17. The Bertz CT molecular complexity index is 318. The van der Waals surface area contributed by atoms with Gasteiger partial charge in [-0.3, -0.25) is 4.99 Å². The molecule has 2 heteroatoms. The summed E-state index contributed by atoms with van der Waals surface area (Å²) < 4.78 is 0. The van der Waals surface area contributed by atoms with E-state index < -0.39 is 0 Å². The Morgan fingerprint density at radius 2 is 1.69 bits per heavy atom. The molecule has 0 aromatic rings. The van der Waals surface area contributed by atoms with E-state index in [4.69, 9.17) is 0 Å². The third-order valence-electron chi connectivity index (χ3n) is 1.79. The van der Waals surface area contributed by atoms with Crippen molar-refractivity contribution >= 4 is 23.2 Å². The topological polar surface area (TPSA) is 12.4 Å². The molecule has 66 valence electrons. The highest BCUT2D eigenvalue weighted by molar-refractivity contribution is 8.93. The van der Waals surface area contributed by atoms with E-state index in [2.05, 4.69) is 17.1 Å². The van der Waals surface area contributed by atoms with Crippen LogP contribution in [0.5, 0.6) is 0 Å². The van der Waals surface area contributed by atoms with Crippen molar-refractivity contribution in [1.29, 1.82) is 0 Å². The molecule has 0 bridgehead atoms. The number of allylic oxidation sites excluding steroid dienone is 9. The lowest BCUT2D eigenvalue weighted by atomic mass is 10.1. The fourth-order valence-electron chi connectivity index (χ4n) is 1.17. The van der Waals surface area contributed by atoms with Crippen LogP contribution in [0, 0.1) is 0 Å². The lowest BCUT2D eigenvalue weighted by molar-refractivity contribution is 1.54. The van der Waals surface area contributed by atoms with Crippen molar-refractivity contribution in [1.82, 2.24) is 0 Å². The Kier molecular flexibility index (Phi) is 3.65. The van der Waals surface area contributed by atoms with E-state index in [0.717, 1.165) is 0 Å². The van der Waals surface area contributed by atoms with Gasteiger partial charge >= 0.3 is 0 Å². The Hall–Kier alpha value is -1.15. The minimum Gasteiger partial charge on any atom is -0.265 e. The van der Waals surface area contributed by atoms with Gasteiger partial charge in [0.05, 0.1) is 0 Å². The Morgan fingerprint density at radius 3 is 2.62 bits per heavy atom. The van der Waals surface area contributed by atoms with Gasteiger partial charge in [0, 0.05) is 12.4 Å². The van der Waals surface area contributed by atoms with E-state index in [1.54, 1.807) is 0 Å². The van der Waals surface area contributed by atoms with E-state index in [9.17, 15) is 0 Å². The molecule has 1 heterocycles. The van der Waals surface area contributed by atoms with Gasteiger partial charge < -0.3 is 0 Å². The van der Waals surface area contributed by atoms with Crippen LogP contribution in [0.2, 0.25) is 0 Å². The maximum atomic E-state index is 4.04. The first-order chi connectivity index (χ1) is 5.97. The molecule has 1 aliphatic carbocycles. The second kappa shape index (κ2) is 4.77. The number of hydrogen-bond acceptors (Lipinski definition) is 1. The number of halogens is 1. The van der Waals surface area contributed by atoms with Gasteiger partial charge in [-0.15, -0.1) is 17.0 Å². The summed E-state index contributed by atoms with van der Waals surface area (Å²) in [4.78, 5) is 4.04. The van der Waals surface area contributed by atoms with Crippen LogP contribution < -0.4 is 0 Å². The highest BCUT2D eigenvalue weighted by Gasteiger charge is 1.99. The van der Waals surface area contributed by atoms with E-state index in [1.807, 2.05) is 42.8 Å². The SMILES string of the molecule is Br.C1=CC=C2C=CN=CC=C2C=C1. The molecule has 2 aliphatic rings. The maximum Gasteiger partial charge on any atom is 0.0273 e. The Labute approximate surface area is 88.3 Å². The molecule has 0 aromatic carbocycles. The lowest BCUT2D eigenvalue weighted by Gasteiger charge is -1.97. The van der Waals surface area contributed by atoms with Crippen molar-refractivity contribution in [3.63, 3.8) is 0 Å². The smallest absolute Gasteiger partial charge is 0.0273 e. The molecule has 1 nitrogen and oxygen atoms in total. The highest BCUT2D eigenvalue weighted by Crippen LogP contribution is 2.16. The van der Waals surface area contributed by atoms with Gasteiger partial charge in [-0.1, -0.05) is 30.4 Å². The van der Waals surface area contributed by atoms with Crippen LogP contribution in [0.25, 0.3) is 0 Å². The van der Waals surface area contributed by atoms with E-state index in [1.165, 1.54) is 11.1 Å². The number of aliphatic imine (C=N–C) groups is 1. The molecule has 0 saturated heterocycles. The first-order valence-electron chi connectivity index (χ1n) is 3.92. The molecule has 0 amide bonds. The molecule has 0 spiro atoms. The number of hydrogen-bond donors (Lipinski definition) is 0. The number of nitrogens with zero attached hydrogens (tertiary/aromatic N) is 1. The summed E-state index contributed by atoms with van der Waals surface area (Å²) >= 11 is 0. The largest absolute Gasteiger partial charge is 0.265 e. The zero-order valence-corrected chi connectivity index (χ0v) is 8.76. The molecule has 13 heavy (non-hydrogen) atoms. The molecule has 1 aliphatic heterocycles. The zero-order chi connectivity index (χ0) is 8.23. The summed E-state index contributed by atoms with van der Waals surface area (Å²) in [5, 5.41) is 0. The maximum absolute atomic E-state index is 4.04. The molecular formula is C11H10BrN. The molecule has 0 radical (unpaired) electrons. The predicted molar refractivity (Wildman–Crippen MR) is 62.4 cm³/mol. The summed E-state index contributed by atoms with van der Waals surface area (Å²) in [5.74, 6) is 0. The standard InChI is InChI=1S/C11H9N.BrH/c1-2-4-10-6-8-12-9-7-11(10)5-3-1;/h1-9H;1H. The van der Waals surface area contributed by atoms with Crippen LogP contribution in [-0.2, 0) is 0 Å². The lowest BCUT2D eigenvalue weighted by Crippen LogP contribution is -1.80.